The third kappa shape index (κ3) is 10.3. The molecule has 0 amide bonds. The van der Waals surface area contributed by atoms with Gasteiger partial charge >= 0.3 is 0 Å². The van der Waals surface area contributed by atoms with Crippen molar-refractivity contribution in [3.05, 3.63) is 0 Å². The van der Waals surface area contributed by atoms with Crippen LogP contribution in [0.1, 0.15) is 85.0 Å². The van der Waals surface area contributed by atoms with Crippen LogP contribution in [0.4, 0.5) is 0 Å². The molecule has 0 aliphatic heterocycles. The van der Waals surface area contributed by atoms with Crippen molar-refractivity contribution in [3.63, 3.8) is 0 Å². The summed E-state index contributed by atoms with van der Waals surface area (Å²) in [7, 11) is 6.28. The number of rotatable bonds is 10. The molecule has 0 N–H and O–H groups in total. The maximum atomic E-state index is 6.28. The lowest BCUT2D eigenvalue weighted by Gasteiger charge is -2.25. The molecule has 0 heterocycles. The molecule has 0 spiro atoms. The van der Waals surface area contributed by atoms with Gasteiger partial charge in [-0.25, -0.2) is 0 Å². The Kier molecular flexibility index (Phi) is 9.34. The SMILES string of the molecule is [B]C(C)(CCCCCC)CCCCCC. The summed E-state index contributed by atoms with van der Waals surface area (Å²) in [6.07, 6.45) is 13.1. The fourth-order valence-electron chi connectivity index (χ4n) is 2.04. The average Bonchev–Trinajstić information content (AvgIpc) is 2.20. The lowest BCUT2D eigenvalue weighted by molar-refractivity contribution is 0.455. The molecule has 0 aliphatic rings. The van der Waals surface area contributed by atoms with E-state index in [1.807, 2.05) is 0 Å². The molecule has 0 aliphatic carbocycles. The van der Waals surface area contributed by atoms with Crippen LogP contribution in [0.2, 0.25) is 5.31 Å². The predicted octanol–water partition coefficient (Wildman–Crippen LogP) is 5.27. The molecule has 15 heavy (non-hydrogen) atoms. The first-order chi connectivity index (χ1) is 7.12. The lowest BCUT2D eigenvalue weighted by Crippen LogP contribution is -2.08. The Morgan fingerprint density at radius 1 is 0.733 bits per heavy atom. The van der Waals surface area contributed by atoms with Crippen molar-refractivity contribution in [2.24, 2.45) is 0 Å². The Balaban J connectivity index is 3.40. The topological polar surface area (TPSA) is 0 Å². The van der Waals surface area contributed by atoms with Crippen molar-refractivity contribution in [3.8, 4) is 0 Å². The van der Waals surface area contributed by atoms with Gasteiger partial charge in [0, 0.05) is 0 Å². The Morgan fingerprint density at radius 2 is 1.13 bits per heavy atom. The minimum Gasteiger partial charge on any atom is -0.0688 e. The van der Waals surface area contributed by atoms with Crippen LogP contribution in [-0.2, 0) is 0 Å². The van der Waals surface area contributed by atoms with Crippen molar-refractivity contribution in [2.45, 2.75) is 90.3 Å². The predicted molar refractivity (Wildman–Crippen MR) is 71.6 cm³/mol. The summed E-state index contributed by atoms with van der Waals surface area (Å²) >= 11 is 0. The van der Waals surface area contributed by atoms with E-state index in [-0.39, 0.29) is 5.31 Å². The van der Waals surface area contributed by atoms with Gasteiger partial charge in [-0.2, -0.15) is 0 Å². The van der Waals surface area contributed by atoms with Gasteiger partial charge < -0.3 is 0 Å². The number of hydrogen-bond donors (Lipinski definition) is 0. The molecule has 0 bridgehead atoms. The molecule has 0 aromatic heterocycles. The third-order valence-electron chi connectivity index (χ3n) is 3.20. The van der Waals surface area contributed by atoms with Gasteiger partial charge in [0.1, 0.15) is 0 Å². The van der Waals surface area contributed by atoms with Gasteiger partial charge in [-0.15, -0.1) is 0 Å². The van der Waals surface area contributed by atoms with Crippen LogP contribution in [0, 0.1) is 0 Å². The molecule has 0 unspecified atom stereocenters. The number of hydrogen-bond acceptors (Lipinski definition) is 0. The van der Waals surface area contributed by atoms with E-state index in [2.05, 4.69) is 20.8 Å². The van der Waals surface area contributed by atoms with Crippen LogP contribution in [-0.4, -0.2) is 7.85 Å². The summed E-state index contributed by atoms with van der Waals surface area (Å²) in [4.78, 5) is 0. The van der Waals surface area contributed by atoms with Crippen molar-refractivity contribution in [1.82, 2.24) is 0 Å². The Labute approximate surface area is 98.6 Å². The third-order valence-corrected chi connectivity index (χ3v) is 3.20. The van der Waals surface area contributed by atoms with E-state index in [4.69, 9.17) is 7.85 Å². The van der Waals surface area contributed by atoms with Crippen LogP contribution in [0.25, 0.3) is 0 Å². The molecular weight excluding hydrogens is 179 g/mol. The second-order valence-corrected chi connectivity index (χ2v) is 5.28. The summed E-state index contributed by atoms with van der Waals surface area (Å²) in [6.45, 7) is 6.74. The standard InChI is InChI=1S/C14H29B/c1-4-6-8-10-12-14(3,15)13-11-9-7-5-2/h4-13H2,1-3H3. The first-order valence-corrected chi connectivity index (χ1v) is 6.91. The Bertz CT molecular complexity index is 115. The maximum absolute atomic E-state index is 6.28. The van der Waals surface area contributed by atoms with Crippen molar-refractivity contribution in [1.29, 1.82) is 0 Å². The first kappa shape index (κ1) is 15.1. The van der Waals surface area contributed by atoms with Crippen molar-refractivity contribution in [2.75, 3.05) is 0 Å². The van der Waals surface area contributed by atoms with Crippen LogP contribution < -0.4 is 0 Å². The highest BCUT2D eigenvalue weighted by atomic mass is 14.2. The monoisotopic (exact) mass is 208 g/mol. The maximum Gasteiger partial charge on any atom is 0.0742 e. The second-order valence-electron chi connectivity index (χ2n) is 5.28. The average molecular weight is 208 g/mol. The van der Waals surface area contributed by atoms with Gasteiger partial charge in [0.2, 0.25) is 0 Å². The molecule has 1 heteroatoms. The van der Waals surface area contributed by atoms with E-state index in [0.717, 1.165) is 0 Å². The molecule has 0 aromatic rings. The largest absolute Gasteiger partial charge is 0.0742 e. The quantitative estimate of drug-likeness (QED) is 0.338. The fourth-order valence-corrected chi connectivity index (χ4v) is 2.04. The van der Waals surface area contributed by atoms with Gasteiger partial charge in [0.15, 0.2) is 0 Å². The second kappa shape index (κ2) is 9.30. The summed E-state index contributed by atoms with van der Waals surface area (Å²) in [5, 5.41) is 0.0987. The molecular formula is C14H29B. The summed E-state index contributed by atoms with van der Waals surface area (Å²) < 4.78 is 0. The highest BCUT2D eigenvalue weighted by Crippen LogP contribution is 2.34. The number of unbranched alkanes of at least 4 members (excludes halogenated alkanes) is 6. The molecule has 2 radical (unpaired) electrons. The summed E-state index contributed by atoms with van der Waals surface area (Å²) in [6, 6.07) is 0. The highest BCUT2D eigenvalue weighted by molar-refractivity contribution is 6.14. The van der Waals surface area contributed by atoms with Gasteiger partial charge in [-0.05, 0) is 0 Å². The zero-order valence-corrected chi connectivity index (χ0v) is 11.1. The van der Waals surface area contributed by atoms with Crippen molar-refractivity contribution < 1.29 is 0 Å². The summed E-state index contributed by atoms with van der Waals surface area (Å²) in [5.74, 6) is 0. The zero-order valence-electron chi connectivity index (χ0n) is 11.1. The Hall–Kier alpha value is 0.0649. The highest BCUT2D eigenvalue weighted by Gasteiger charge is 2.15. The van der Waals surface area contributed by atoms with E-state index in [9.17, 15) is 0 Å². The van der Waals surface area contributed by atoms with E-state index in [1.165, 1.54) is 64.2 Å². The molecule has 0 rings (SSSR count). The van der Waals surface area contributed by atoms with E-state index in [0.29, 0.717) is 0 Å². The first-order valence-electron chi connectivity index (χ1n) is 6.91. The van der Waals surface area contributed by atoms with Crippen LogP contribution >= 0.6 is 0 Å². The molecule has 0 fully saturated rings. The summed E-state index contributed by atoms with van der Waals surface area (Å²) in [5.41, 5.74) is 0. The van der Waals surface area contributed by atoms with Crippen molar-refractivity contribution >= 4 is 7.85 Å². The molecule has 0 aromatic carbocycles. The zero-order chi connectivity index (χ0) is 11.6. The lowest BCUT2D eigenvalue weighted by atomic mass is 9.64. The fraction of sp³-hybridized carbons (Fsp3) is 1.00. The van der Waals surface area contributed by atoms with E-state index < -0.39 is 0 Å². The smallest absolute Gasteiger partial charge is 0.0688 e. The van der Waals surface area contributed by atoms with Gasteiger partial charge in [0.05, 0.1) is 7.85 Å². The molecule has 0 nitrogen and oxygen atoms in total. The minimum atomic E-state index is 0.0987. The van der Waals surface area contributed by atoms with Gasteiger partial charge in [0.25, 0.3) is 0 Å². The van der Waals surface area contributed by atoms with Crippen LogP contribution in [0.3, 0.4) is 0 Å². The van der Waals surface area contributed by atoms with E-state index in [1.54, 1.807) is 0 Å². The van der Waals surface area contributed by atoms with E-state index >= 15 is 0 Å². The molecule has 0 saturated carbocycles. The van der Waals surface area contributed by atoms with Gasteiger partial charge in [-0.3, -0.25) is 0 Å². The normalized spacial score (nSPS) is 11.9. The van der Waals surface area contributed by atoms with Crippen LogP contribution in [0.15, 0.2) is 0 Å². The van der Waals surface area contributed by atoms with Crippen LogP contribution in [0.5, 0.6) is 0 Å². The molecule has 88 valence electrons. The van der Waals surface area contributed by atoms with Gasteiger partial charge in [-0.1, -0.05) is 90.3 Å². The Morgan fingerprint density at radius 3 is 1.47 bits per heavy atom. The molecule has 0 atom stereocenters. The minimum absolute atomic E-state index is 0.0987. The molecule has 0 saturated heterocycles.